The zero-order chi connectivity index (χ0) is 14.8. The van der Waals surface area contributed by atoms with Crippen LogP contribution in [0.1, 0.15) is 23.1 Å². The number of aliphatic hydroxyl groups is 1. The molecule has 0 aromatic carbocycles. The van der Waals surface area contributed by atoms with Crippen LogP contribution in [-0.4, -0.2) is 15.1 Å². The number of nitrogens with zero attached hydrogens (tertiary/aromatic N) is 2. The zero-order valence-electron chi connectivity index (χ0n) is 10.1. The summed E-state index contributed by atoms with van der Waals surface area (Å²) >= 11 is 3.23. The third-order valence-corrected chi connectivity index (χ3v) is 3.10. The third kappa shape index (κ3) is 3.77. The molecule has 0 aliphatic rings. The minimum absolute atomic E-state index is 0.153. The number of pyridine rings is 2. The Bertz CT molecular complexity index is 570. The van der Waals surface area contributed by atoms with E-state index in [4.69, 9.17) is 0 Å². The Hall–Kier alpha value is -1.47. The van der Waals surface area contributed by atoms with Crippen molar-refractivity contribution in [2.45, 2.75) is 18.7 Å². The van der Waals surface area contributed by atoms with E-state index in [1.165, 1.54) is 6.07 Å². The molecule has 0 amide bonds. The van der Waals surface area contributed by atoms with Crippen LogP contribution in [0.4, 0.5) is 13.2 Å². The molecular weight excluding hydrogens is 337 g/mol. The molecule has 0 radical (unpaired) electrons. The molecule has 2 aromatic heterocycles. The lowest BCUT2D eigenvalue weighted by atomic mass is 10.1. The summed E-state index contributed by atoms with van der Waals surface area (Å²) in [6.45, 7) is 0. The van der Waals surface area contributed by atoms with Gasteiger partial charge in [0.2, 0.25) is 0 Å². The molecule has 0 aliphatic heterocycles. The van der Waals surface area contributed by atoms with E-state index in [0.29, 0.717) is 11.3 Å². The molecule has 3 nitrogen and oxygen atoms in total. The number of halogens is 4. The first kappa shape index (κ1) is 14.9. The van der Waals surface area contributed by atoms with E-state index in [0.717, 1.165) is 16.7 Å². The number of rotatable bonds is 3. The second-order valence-electron chi connectivity index (χ2n) is 4.17. The van der Waals surface area contributed by atoms with Crippen LogP contribution in [-0.2, 0) is 12.6 Å². The second-order valence-corrected chi connectivity index (χ2v) is 5.09. The van der Waals surface area contributed by atoms with Crippen molar-refractivity contribution < 1.29 is 18.3 Å². The largest absolute Gasteiger partial charge is 0.433 e. The smallest absolute Gasteiger partial charge is 0.386 e. The predicted molar refractivity (Wildman–Crippen MR) is 69.8 cm³/mol. The molecule has 0 spiro atoms. The van der Waals surface area contributed by atoms with Crippen molar-refractivity contribution in [1.29, 1.82) is 0 Å². The Balaban J connectivity index is 2.08. The zero-order valence-corrected chi connectivity index (χ0v) is 11.7. The summed E-state index contributed by atoms with van der Waals surface area (Å²) in [5.41, 5.74) is 0.0147. The van der Waals surface area contributed by atoms with Crippen molar-refractivity contribution in [2.24, 2.45) is 0 Å². The summed E-state index contributed by atoms with van der Waals surface area (Å²) in [5, 5.41) is 9.97. The summed E-state index contributed by atoms with van der Waals surface area (Å²) in [6.07, 6.45) is -2.53. The molecule has 0 bridgehead atoms. The average molecular weight is 347 g/mol. The molecule has 2 rings (SSSR count). The number of aliphatic hydroxyl groups excluding tert-OH is 1. The molecule has 0 aliphatic carbocycles. The van der Waals surface area contributed by atoms with Gasteiger partial charge in [-0.25, -0.2) is 0 Å². The van der Waals surface area contributed by atoms with E-state index in [2.05, 4.69) is 25.9 Å². The van der Waals surface area contributed by atoms with Gasteiger partial charge >= 0.3 is 6.18 Å². The van der Waals surface area contributed by atoms with E-state index in [-0.39, 0.29) is 6.42 Å². The van der Waals surface area contributed by atoms with E-state index >= 15 is 0 Å². The Morgan fingerprint density at radius 2 is 1.85 bits per heavy atom. The lowest BCUT2D eigenvalue weighted by Gasteiger charge is -2.11. The number of hydrogen-bond acceptors (Lipinski definition) is 3. The quantitative estimate of drug-likeness (QED) is 0.924. The molecular formula is C13H10BrF3N2O. The van der Waals surface area contributed by atoms with Crippen molar-refractivity contribution in [3.05, 3.63) is 58.1 Å². The lowest BCUT2D eigenvalue weighted by molar-refractivity contribution is -0.141. The fourth-order valence-electron chi connectivity index (χ4n) is 1.63. The molecule has 7 heteroatoms. The maximum Gasteiger partial charge on any atom is 0.433 e. The summed E-state index contributed by atoms with van der Waals surface area (Å²) in [4.78, 5) is 7.38. The maximum absolute atomic E-state index is 12.4. The SMILES string of the molecule is OC(Cc1ccc(C(F)(F)F)nc1)c1ccc(Br)cn1. The van der Waals surface area contributed by atoms with Crippen LogP contribution in [0, 0.1) is 0 Å². The average Bonchev–Trinajstić information content (AvgIpc) is 2.39. The van der Waals surface area contributed by atoms with Gasteiger partial charge in [-0.1, -0.05) is 6.07 Å². The topological polar surface area (TPSA) is 46.0 Å². The van der Waals surface area contributed by atoms with Crippen LogP contribution in [0.25, 0.3) is 0 Å². The Morgan fingerprint density at radius 1 is 1.10 bits per heavy atom. The number of alkyl halides is 3. The maximum atomic E-state index is 12.4. The van der Waals surface area contributed by atoms with Gasteiger partial charge in [-0.2, -0.15) is 13.2 Å². The van der Waals surface area contributed by atoms with E-state index in [9.17, 15) is 18.3 Å². The van der Waals surface area contributed by atoms with Gasteiger partial charge in [0.05, 0.1) is 11.8 Å². The fraction of sp³-hybridized carbons (Fsp3) is 0.231. The van der Waals surface area contributed by atoms with Gasteiger partial charge < -0.3 is 5.11 Å². The van der Waals surface area contributed by atoms with Crippen molar-refractivity contribution in [1.82, 2.24) is 9.97 Å². The highest BCUT2D eigenvalue weighted by atomic mass is 79.9. The first-order valence-electron chi connectivity index (χ1n) is 5.68. The van der Waals surface area contributed by atoms with Gasteiger partial charge in [0.25, 0.3) is 0 Å². The molecule has 2 aromatic rings. The minimum Gasteiger partial charge on any atom is -0.386 e. The van der Waals surface area contributed by atoms with Gasteiger partial charge in [0.1, 0.15) is 5.69 Å². The Morgan fingerprint density at radius 3 is 2.35 bits per heavy atom. The fourth-order valence-corrected chi connectivity index (χ4v) is 1.86. The minimum atomic E-state index is -4.45. The summed E-state index contributed by atoms with van der Waals surface area (Å²) in [6, 6.07) is 5.58. The van der Waals surface area contributed by atoms with Gasteiger partial charge in [0, 0.05) is 23.3 Å². The van der Waals surface area contributed by atoms with Crippen molar-refractivity contribution in [3.63, 3.8) is 0 Å². The first-order chi connectivity index (χ1) is 9.36. The summed E-state index contributed by atoms with van der Waals surface area (Å²) in [5.74, 6) is 0. The first-order valence-corrected chi connectivity index (χ1v) is 6.47. The molecule has 0 saturated heterocycles. The summed E-state index contributed by atoms with van der Waals surface area (Å²) < 4.78 is 37.9. The van der Waals surface area contributed by atoms with E-state index < -0.39 is 18.0 Å². The van der Waals surface area contributed by atoms with Crippen molar-refractivity contribution >= 4 is 15.9 Å². The van der Waals surface area contributed by atoms with Gasteiger partial charge in [-0.3, -0.25) is 9.97 Å². The third-order valence-electron chi connectivity index (χ3n) is 2.64. The second kappa shape index (κ2) is 5.88. The normalized spacial score (nSPS) is 13.2. The highest BCUT2D eigenvalue weighted by Crippen LogP contribution is 2.27. The van der Waals surface area contributed by atoms with Crippen LogP contribution in [0.15, 0.2) is 41.1 Å². The molecule has 1 unspecified atom stereocenters. The van der Waals surface area contributed by atoms with E-state index in [1.807, 2.05) is 0 Å². The number of aromatic nitrogens is 2. The van der Waals surface area contributed by atoms with Gasteiger partial charge in [-0.15, -0.1) is 0 Å². The molecule has 20 heavy (non-hydrogen) atoms. The van der Waals surface area contributed by atoms with Crippen molar-refractivity contribution in [2.75, 3.05) is 0 Å². The monoisotopic (exact) mass is 346 g/mol. The van der Waals surface area contributed by atoms with Crippen LogP contribution < -0.4 is 0 Å². The highest BCUT2D eigenvalue weighted by Gasteiger charge is 2.32. The van der Waals surface area contributed by atoms with Crippen molar-refractivity contribution in [3.8, 4) is 0 Å². The van der Waals surface area contributed by atoms with Crippen LogP contribution in [0.2, 0.25) is 0 Å². The number of hydrogen-bond donors (Lipinski definition) is 1. The molecule has 1 atom stereocenters. The lowest BCUT2D eigenvalue weighted by Crippen LogP contribution is -2.09. The van der Waals surface area contributed by atoms with Gasteiger partial charge in [-0.05, 0) is 39.7 Å². The Labute approximate surface area is 121 Å². The van der Waals surface area contributed by atoms with Crippen LogP contribution in [0.5, 0.6) is 0 Å². The van der Waals surface area contributed by atoms with Crippen LogP contribution >= 0.6 is 15.9 Å². The highest BCUT2D eigenvalue weighted by molar-refractivity contribution is 9.10. The predicted octanol–water partition coefficient (Wildman–Crippen LogP) is 3.53. The van der Waals surface area contributed by atoms with Crippen LogP contribution in [0.3, 0.4) is 0 Å². The summed E-state index contributed by atoms with van der Waals surface area (Å²) in [7, 11) is 0. The standard InChI is InChI=1S/C13H10BrF3N2O/c14-9-2-3-10(18-7-9)11(20)5-8-1-4-12(19-6-8)13(15,16)17/h1-4,6-7,11,20H,5H2. The van der Waals surface area contributed by atoms with Gasteiger partial charge in [0.15, 0.2) is 0 Å². The molecule has 0 fully saturated rings. The Kier molecular flexibility index (Phi) is 4.39. The molecule has 2 heterocycles. The molecule has 106 valence electrons. The van der Waals surface area contributed by atoms with E-state index in [1.54, 1.807) is 18.3 Å². The molecule has 1 N–H and O–H groups in total. The molecule has 0 saturated carbocycles.